The molecule has 0 bridgehead atoms. The third-order valence-corrected chi connectivity index (χ3v) is 12.0. The summed E-state index contributed by atoms with van der Waals surface area (Å²) in [4.78, 5) is 49.8. The molecule has 16 heteroatoms. The van der Waals surface area contributed by atoms with Gasteiger partial charge in [-0.25, -0.2) is 9.59 Å². The largest absolute Gasteiger partial charge is 0.496 e. The number of methoxy groups -OCH3 is 1. The number of aliphatic carboxylic acids is 1. The fourth-order valence-electron chi connectivity index (χ4n) is 8.05. The summed E-state index contributed by atoms with van der Waals surface area (Å²) in [7, 11) is 1.55. The number of hydrogen-bond donors (Lipinski definition) is 2. The molecular weight excluding hydrogens is 735 g/mol. The number of carboxylic acid groups (broad SMARTS) is 1. The summed E-state index contributed by atoms with van der Waals surface area (Å²) in [6.07, 6.45) is 7.74. The molecule has 54 heavy (non-hydrogen) atoms. The number of amides is 3. The van der Waals surface area contributed by atoms with Crippen molar-refractivity contribution in [3.63, 3.8) is 0 Å². The fraction of sp³-hybridized carbons (Fsp3) is 0.447. The summed E-state index contributed by atoms with van der Waals surface area (Å²) in [6, 6.07) is 13.1. The van der Waals surface area contributed by atoms with Crippen LogP contribution in [0.2, 0.25) is 10.0 Å². The minimum absolute atomic E-state index is 0.0530. The number of carboxylic acids is 1. The summed E-state index contributed by atoms with van der Waals surface area (Å²) in [5.41, 5.74) is 2.00. The minimum Gasteiger partial charge on any atom is -0.496 e. The number of nitrogens with one attached hydrogen (secondary N) is 1. The van der Waals surface area contributed by atoms with Crippen molar-refractivity contribution in [2.24, 2.45) is 15.4 Å². The number of aromatic nitrogens is 1. The molecule has 3 amide bonds. The first kappa shape index (κ1) is 37.7. The number of halogens is 2. The summed E-state index contributed by atoms with van der Waals surface area (Å²) in [5.74, 6) is -0.757. The van der Waals surface area contributed by atoms with Crippen molar-refractivity contribution in [2.75, 3.05) is 59.6 Å². The molecule has 284 valence electrons. The van der Waals surface area contributed by atoms with Crippen molar-refractivity contribution in [3.8, 4) is 5.75 Å². The predicted octanol–water partition coefficient (Wildman–Crippen LogP) is 5.55. The highest BCUT2D eigenvalue weighted by atomic mass is 35.5. The van der Waals surface area contributed by atoms with Crippen LogP contribution in [-0.4, -0.2) is 115 Å². The van der Waals surface area contributed by atoms with E-state index in [0.29, 0.717) is 60.4 Å². The summed E-state index contributed by atoms with van der Waals surface area (Å²) in [5, 5.41) is 25.6. The van der Waals surface area contributed by atoms with Crippen LogP contribution in [0.4, 0.5) is 4.79 Å². The van der Waals surface area contributed by atoms with Gasteiger partial charge in [-0.05, 0) is 84.5 Å². The molecule has 3 atom stereocenters. The van der Waals surface area contributed by atoms with Crippen LogP contribution in [-0.2, 0) is 20.5 Å². The first-order valence-electron chi connectivity index (χ1n) is 18.0. The Morgan fingerprint density at radius 1 is 1.02 bits per heavy atom. The maximum absolute atomic E-state index is 14.2. The van der Waals surface area contributed by atoms with Gasteiger partial charge in [-0.2, -0.15) is 5.11 Å². The topological polar surface area (TPSA) is 162 Å². The van der Waals surface area contributed by atoms with Crippen LogP contribution in [0.5, 0.6) is 5.75 Å². The van der Waals surface area contributed by atoms with Gasteiger partial charge in [0.05, 0.1) is 47.7 Å². The van der Waals surface area contributed by atoms with E-state index < -0.39 is 29.0 Å². The number of piperidine rings is 1. The highest BCUT2D eigenvalue weighted by Gasteiger charge is 2.45. The lowest BCUT2D eigenvalue weighted by Gasteiger charge is -2.45. The molecule has 0 spiro atoms. The van der Waals surface area contributed by atoms with Crippen LogP contribution in [0.1, 0.15) is 58.8 Å². The van der Waals surface area contributed by atoms with Gasteiger partial charge in [-0.1, -0.05) is 41.4 Å². The van der Waals surface area contributed by atoms with Crippen LogP contribution >= 0.6 is 23.2 Å². The molecular formula is C38H42Cl2N8O6. The van der Waals surface area contributed by atoms with Gasteiger partial charge >= 0.3 is 12.0 Å². The number of benzene rings is 2. The zero-order chi connectivity index (χ0) is 37.9. The number of pyridine rings is 1. The van der Waals surface area contributed by atoms with Crippen molar-refractivity contribution in [2.45, 2.75) is 48.7 Å². The molecule has 1 aromatic heterocycles. The monoisotopic (exact) mass is 776 g/mol. The highest BCUT2D eigenvalue weighted by Crippen LogP contribution is 2.42. The Morgan fingerprint density at radius 3 is 2.56 bits per heavy atom. The van der Waals surface area contributed by atoms with Crippen LogP contribution < -0.4 is 10.1 Å². The molecule has 4 aliphatic heterocycles. The Kier molecular flexibility index (Phi) is 11.2. The highest BCUT2D eigenvalue weighted by molar-refractivity contribution is 6.42. The third-order valence-electron chi connectivity index (χ3n) is 11.3. The van der Waals surface area contributed by atoms with E-state index in [2.05, 4.69) is 30.6 Å². The van der Waals surface area contributed by atoms with E-state index in [1.807, 2.05) is 47.4 Å². The quantitative estimate of drug-likeness (QED) is 0.271. The zero-order valence-electron chi connectivity index (χ0n) is 29.9. The van der Waals surface area contributed by atoms with Gasteiger partial charge in [0.1, 0.15) is 11.8 Å². The molecule has 0 radical (unpaired) electrons. The average molecular weight is 778 g/mol. The van der Waals surface area contributed by atoms with Crippen LogP contribution in [0.3, 0.4) is 0 Å². The normalized spacial score (nSPS) is 23.8. The summed E-state index contributed by atoms with van der Waals surface area (Å²) in [6.45, 7) is 3.49. The standard InChI is InChI=1S/C38H42Cl2N8O6/c1-53-33-7-4-25(31-22-42-45-44-31)19-28(33)34(49)47-16-9-37(24-47,26-5-6-29(39)30(40)20-26)8-13-46-14-10-38(11-15-46,27-3-2-12-41-21-27)43-36(52)48-17-18-54-23-32(48)35(50)51/h2-7,12,19-22,31-32H,8-11,13-18,23-24H2,1H3,(H,43,52)(H,50,51). The smallest absolute Gasteiger partial charge is 0.328 e. The van der Waals surface area contributed by atoms with Crippen molar-refractivity contribution in [3.05, 3.63) is 93.2 Å². The van der Waals surface area contributed by atoms with Crippen molar-refractivity contribution >= 4 is 47.3 Å². The van der Waals surface area contributed by atoms with Crippen LogP contribution in [0.25, 0.3) is 0 Å². The predicted molar refractivity (Wildman–Crippen MR) is 201 cm³/mol. The Hall–Kier alpha value is -4.63. The second kappa shape index (κ2) is 16.0. The van der Waals surface area contributed by atoms with Crippen molar-refractivity contribution < 1.29 is 29.0 Å². The molecule has 7 rings (SSSR count). The SMILES string of the molecule is COc1ccc(C2C=NN=N2)cc1C(=O)N1CCC(CCN2CCC(NC(=O)N3CCOCC3C(=O)O)(c3cccnc3)CC2)(c2ccc(Cl)c(Cl)c2)C1. The Labute approximate surface area is 323 Å². The van der Waals surface area contributed by atoms with E-state index in [0.717, 1.165) is 36.1 Å². The summed E-state index contributed by atoms with van der Waals surface area (Å²) >= 11 is 12.9. The van der Waals surface area contributed by atoms with Crippen molar-refractivity contribution in [1.82, 2.24) is 25.0 Å². The number of urea groups is 1. The lowest BCUT2D eigenvalue weighted by Crippen LogP contribution is -2.61. The molecule has 3 fully saturated rings. The first-order chi connectivity index (χ1) is 26.1. The van der Waals surface area contributed by atoms with Gasteiger partial charge < -0.3 is 34.6 Å². The molecule has 4 aliphatic rings. The van der Waals surface area contributed by atoms with E-state index in [1.165, 1.54) is 4.90 Å². The Balaban J connectivity index is 1.09. The van der Waals surface area contributed by atoms with E-state index in [4.69, 9.17) is 32.7 Å². The number of carbonyl (C=O) groups is 3. The number of morpholine rings is 1. The zero-order valence-corrected chi connectivity index (χ0v) is 31.4. The van der Waals surface area contributed by atoms with E-state index in [1.54, 1.807) is 31.8 Å². The molecule has 3 saturated heterocycles. The van der Waals surface area contributed by atoms with E-state index in [9.17, 15) is 19.5 Å². The Bertz CT molecular complexity index is 1930. The average Bonchev–Trinajstić information content (AvgIpc) is 3.91. The second-order valence-electron chi connectivity index (χ2n) is 14.2. The molecule has 2 N–H and O–H groups in total. The maximum atomic E-state index is 14.2. The van der Waals surface area contributed by atoms with Crippen molar-refractivity contribution in [1.29, 1.82) is 0 Å². The number of hydrogen-bond acceptors (Lipinski definition) is 10. The van der Waals surface area contributed by atoms with Gasteiger partial charge in [-0.3, -0.25) is 9.78 Å². The van der Waals surface area contributed by atoms with Gasteiger partial charge in [0.2, 0.25) is 0 Å². The summed E-state index contributed by atoms with van der Waals surface area (Å²) < 4.78 is 11.0. The molecule has 14 nitrogen and oxygen atoms in total. The molecule has 0 saturated carbocycles. The second-order valence-corrected chi connectivity index (χ2v) is 15.0. The lowest BCUT2D eigenvalue weighted by atomic mass is 9.76. The molecule has 3 unspecified atom stereocenters. The lowest BCUT2D eigenvalue weighted by molar-refractivity contribution is -0.147. The number of ether oxygens (including phenoxy) is 2. The number of likely N-dealkylation sites (tertiary alicyclic amines) is 2. The van der Waals surface area contributed by atoms with Gasteiger partial charge in [0.15, 0.2) is 6.04 Å². The fourth-order valence-corrected chi connectivity index (χ4v) is 8.35. The molecule has 2 aromatic carbocycles. The van der Waals surface area contributed by atoms with E-state index in [-0.39, 0.29) is 31.7 Å². The molecule has 3 aromatic rings. The van der Waals surface area contributed by atoms with E-state index >= 15 is 0 Å². The van der Waals surface area contributed by atoms with Gasteiger partial charge in [-0.15, -0.1) is 5.10 Å². The minimum atomic E-state index is -1.10. The third kappa shape index (κ3) is 7.65. The van der Waals surface area contributed by atoms with Crippen LogP contribution in [0, 0.1) is 0 Å². The number of nitrogens with zero attached hydrogens (tertiary/aromatic N) is 7. The first-order valence-corrected chi connectivity index (χ1v) is 18.8. The number of rotatable bonds is 10. The number of carbonyl (C=O) groups excluding carboxylic acids is 2. The van der Waals surface area contributed by atoms with Gasteiger partial charge in [0.25, 0.3) is 5.91 Å². The van der Waals surface area contributed by atoms with Gasteiger partial charge in [0, 0.05) is 50.5 Å². The Morgan fingerprint density at radius 2 is 1.85 bits per heavy atom. The molecule has 0 aliphatic carbocycles. The van der Waals surface area contributed by atoms with Crippen LogP contribution in [0.15, 0.2) is 76.4 Å². The maximum Gasteiger partial charge on any atom is 0.328 e. The molecule has 5 heterocycles.